The summed E-state index contributed by atoms with van der Waals surface area (Å²) in [5.41, 5.74) is -0.949. The lowest BCUT2D eigenvalue weighted by Gasteiger charge is -2.23. The summed E-state index contributed by atoms with van der Waals surface area (Å²) in [5, 5.41) is 34.0. The normalized spacial score (nSPS) is 22.8. The minimum Gasteiger partial charge on any atom is -0.481 e. The lowest BCUT2D eigenvalue weighted by atomic mass is 9.80. The molecule has 0 saturated carbocycles. The van der Waals surface area contributed by atoms with Crippen LogP contribution in [0, 0.1) is 5.41 Å². The number of carbonyl (C=O) groups is 2. The van der Waals surface area contributed by atoms with Crippen molar-refractivity contribution >= 4 is 11.9 Å². The minimum absolute atomic E-state index is 0.0359. The summed E-state index contributed by atoms with van der Waals surface area (Å²) in [5.74, 6) is -2.06. The highest BCUT2D eigenvalue weighted by Gasteiger charge is 2.34. The zero-order chi connectivity index (χ0) is 15.1. The molecule has 2 atom stereocenters. The molecule has 108 valence electrons. The highest BCUT2D eigenvalue weighted by molar-refractivity contribution is 5.90. The molecule has 0 aromatic rings. The van der Waals surface area contributed by atoms with Crippen LogP contribution in [0.1, 0.15) is 26.7 Å². The van der Waals surface area contributed by atoms with E-state index in [1.165, 1.54) is 25.2 Å². The smallest absolute Gasteiger partial charge is 0.331 e. The van der Waals surface area contributed by atoms with Gasteiger partial charge in [0, 0.05) is 5.57 Å². The average Bonchev–Trinajstić information content (AvgIpc) is 2.38. The van der Waals surface area contributed by atoms with Gasteiger partial charge in [-0.2, -0.15) is 0 Å². The fraction of sp³-hybridized carbons (Fsp3) is 0.538. The van der Waals surface area contributed by atoms with Crippen LogP contribution in [0.3, 0.4) is 0 Å². The number of allylic oxidation sites excluding steroid dienone is 2. The summed E-state index contributed by atoms with van der Waals surface area (Å²) < 4.78 is 0. The summed E-state index contributed by atoms with van der Waals surface area (Å²) in [7, 11) is 0. The molecule has 0 spiro atoms. The van der Waals surface area contributed by atoms with Crippen molar-refractivity contribution in [1.29, 1.82) is 0 Å². The molecule has 0 fully saturated rings. The van der Waals surface area contributed by atoms with Gasteiger partial charge in [0.2, 0.25) is 0 Å². The molecule has 0 heterocycles. The summed E-state index contributed by atoms with van der Waals surface area (Å²) in [4.78, 5) is 21.3. The van der Waals surface area contributed by atoms with Crippen LogP contribution in [-0.2, 0) is 9.59 Å². The Kier molecular flexibility index (Phi) is 7.03. The van der Waals surface area contributed by atoms with Crippen LogP contribution in [0.2, 0.25) is 0 Å². The molecule has 1 rings (SSSR count). The van der Waals surface area contributed by atoms with Gasteiger partial charge in [0.05, 0.1) is 18.1 Å². The van der Waals surface area contributed by atoms with Gasteiger partial charge in [-0.3, -0.25) is 4.79 Å². The van der Waals surface area contributed by atoms with Gasteiger partial charge in [-0.05, 0) is 19.8 Å². The maximum absolute atomic E-state index is 10.8. The monoisotopic (exact) mass is 272 g/mol. The molecule has 0 aromatic carbocycles. The first-order chi connectivity index (χ1) is 8.76. The SMILES string of the molecule is CC1(C(=O)O)C=CC=C(C(=O)O)C1.CCC(O)CO. The summed E-state index contributed by atoms with van der Waals surface area (Å²) in [6, 6.07) is 0. The maximum atomic E-state index is 10.8. The first kappa shape index (κ1) is 17.3. The van der Waals surface area contributed by atoms with E-state index in [2.05, 4.69) is 0 Å². The van der Waals surface area contributed by atoms with E-state index in [0.717, 1.165) is 0 Å². The van der Waals surface area contributed by atoms with E-state index in [9.17, 15) is 9.59 Å². The Labute approximate surface area is 111 Å². The Morgan fingerprint density at radius 2 is 2.00 bits per heavy atom. The Balaban J connectivity index is 0.000000459. The van der Waals surface area contributed by atoms with Gasteiger partial charge in [0.25, 0.3) is 0 Å². The molecule has 1 aliphatic carbocycles. The van der Waals surface area contributed by atoms with Crippen molar-refractivity contribution in [2.75, 3.05) is 6.61 Å². The second-order valence-corrected chi connectivity index (χ2v) is 4.50. The van der Waals surface area contributed by atoms with E-state index >= 15 is 0 Å². The van der Waals surface area contributed by atoms with Crippen LogP contribution in [0.25, 0.3) is 0 Å². The van der Waals surface area contributed by atoms with Gasteiger partial charge in [-0.25, -0.2) is 4.79 Å². The molecule has 0 amide bonds. The minimum atomic E-state index is -1.08. The molecular formula is C13H20O6. The van der Waals surface area contributed by atoms with Crippen LogP contribution >= 0.6 is 0 Å². The number of carboxylic acid groups (broad SMARTS) is 2. The summed E-state index contributed by atoms with van der Waals surface area (Å²) in [6.07, 6.45) is 4.56. The molecule has 0 radical (unpaired) electrons. The van der Waals surface area contributed by atoms with Crippen LogP contribution in [0.5, 0.6) is 0 Å². The second kappa shape index (κ2) is 7.70. The molecule has 1 aliphatic rings. The Morgan fingerprint density at radius 3 is 2.32 bits per heavy atom. The number of carboxylic acids is 2. The molecule has 4 N–H and O–H groups in total. The third kappa shape index (κ3) is 5.67. The van der Waals surface area contributed by atoms with E-state index in [-0.39, 0.29) is 18.6 Å². The first-order valence-corrected chi connectivity index (χ1v) is 5.90. The third-order valence-corrected chi connectivity index (χ3v) is 2.76. The zero-order valence-corrected chi connectivity index (χ0v) is 11.0. The van der Waals surface area contributed by atoms with Gasteiger partial charge in [-0.1, -0.05) is 25.2 Å². The number of hydrogen-bond acceptors (Lipinski definition) is 4. The molecule has 0 aromatic heterocycles. The Hall–Kier alpha value is -1.66. The highest BCUT2D eigenvalue weighted by atomic mass is 16.4. The zero-order valence-electron chi connectivity index (χ0n) is 11.0. The molecule has 19 heavy (non-hydrogen) atoms. The van der Waals surface area contributed by atoms with Crippen LogP contribution in [0.4, 0.5) is 0 Å². The molecule has 6 heteroatoms. The topological polar surface area (TPSA) is 115 Å². The second-order valence-electron chi connectivity index (χ2n) is 4.50. The van der Waals surface area contributed by atoms with E-state index in [1.807, 2.05) is 6.92 Å². The molecule has 0 saturated heterocycles. The molecule has 2 unspecified atom stereocenters. The number of aliphatic hydroxyl groups is 2. The quantitative estimate of drug-likeness (QED) is 0.601. The molecule has 0 aliphatic heterocycles. The largest absolute Gasteiger partial charge is 0.481 e. The standard InChI is InChI=1S/C9H10O4.C4H10O2/c1-9(8(12)13)4-2-3-6(5-9)7(10)11;1-2-4(6)3-5/h2-4H,5H2,1H3,(H,10,11)(H,12,13);4-6H,2-3H2,1H3. The molecular weight excluding hydrogens is 252 g/mol. The lowest BCUT2D eigenvalue weighted by Crippen LogP contribution is -2.28. The third-order valence-electron chi connectivity index (χ3n) is 2.76. The predicted octanol–water partition coefficient (Wildman–Crippen LogP) is 0.798. The fourth-order valence-corrected chi connectivity index (χ4v) is 1.31. The summed E-state index contributed by atoms with van der Waals surface area (Å²) in [6.45, 7) is 3.21. The van der Waals surface area contributed by atoms with E-state index in [1.54, 1.807) is 0 Å². The molecule has 0 bridgehead atoms. The van der Waals surface area contributed by atoms with Crippen molar-refractivity contribution in [2.24, 2.45) is 5.41 Å². The number of aliphatic carboxylic acids is 2. The van der Waals surface area contributed by atoms with Crippen molar-refractivity contribution in [3.05, 3.63) is 23.8 Å². The van der Waals surface area contributed by atoms with Gasteiger partial charge in [0.15, 0.2) is 0 Å². The molecule has 6 nitrogen and oxygen atoms in total. The van der Waals surface area contributed by atoms with Crippen molar-refractivity contribution in [1.82, 2.24) is 0 Å². The number of aliphatic hydroxyl groups excluding tert-OH is 2. The highest BCUT2D eigenvalue weighted by Crippen LogP contribution is 2.31. The fourth-order valence-electron chi connectivity index (χ4n) is 1.31. The summed E-state index contributed by atoms with van der Waals surface area (Å²) >= 11 is 0. The van der Waals surface area contributed by atoms with E-state index < -0.39 is 23.5 Å². The van der Waals surface area contributed by atoms with Crippen molar-refractivity contribution < 1.29 is 30.0 Å². The van der Waals surface area contributed by atoms with Crippen molar-refractivity contribution in [3.8, 4) is 0 Å². The lowest BCUT2D eigenvalue weighted by molar-refractivity contribution is -0.145. The number of hydrogen-bond donors (Lipinski definition) is 4. The van der Waals surface area contributed by atoms with Crippen molar-refractivity contribution in [3.63, 3.8) is 0 Å². The van der Waals surface area contributed by atoms with Crippen molar-refractivity contribution in [2.45, 2.75) is 32.8 Å². The maximum Gasteiger partial charge on any atom is 0.331 e. The van der Waals surface area contributed by atoms with Gasteiger partial charge >= 0.3 is 11.9 Å². The first-order valence-electron chi connectivity index (χ1n) is 5.90. The number of rotatable bonds is 4. The van der Waals surface area contributed by atoms with Gasteiger partial charge in [0.1, 0.15) is 0 Å². The predicted molar refractivity (Wildman–Crippen MR) is 68.6 cm³/mol. The van der Waals surface area contributed by atoms with Gasteiger partial charge in [-0.15, -0.1) is 0 Å². The Morgan fingerprint density at radius 1 is 1.42 bits per heavy atom. The van der Waals surface area contributed by atoms with E-state index in [4.69, 9.17) is 20.4 Å². The van der Waals surface area contributed by atoms with E-state index in [0.29, 0.717) is 6.42 Å². The van der Waals surface area contributed by atoms with Crippen LogP contribution < -0.4 is 0 Å². The van der Waals surface area contributed by atoms with Crippen LogP contribution in [0.15, 0.2) is 23.8 Å². The Bertz CT molecular complexity index is 381. The van der Waals surface area contributed by atoms with Crippen LogP contribution in [-0.4, -0.2) is 45.1 Å². The average molecular weight is 272 g/mol. The van der Waals surface area contributed by atoms with Gasteiger partial charge < -0.3 is 20.4 Å².